The Morgan fingerprint density at radius 3 is 2.22 bits per heavy atom. The van der Waals surface area contributed by atoms with Crippen LogP contribution in [0.5, 0.6) is 0 Å². The first kappa shape index (κ1) is 17.9. The molecule has 0 bridgehead atoms. The van der Waals surface area contributed by atoms with Gasteiger partial charge in [-0.25, -0.2) is 0 Å². The van der Waals surface area contributed by atoms with Crippen molar-refractivity contribution in [1.82, 2.24) is 15.1 Å². The molecule has 2 N–H and O–H groups in total. The molecule has 2 heterocycles. The summed E-state index contributed by atoms with van der Waals surface area (Å²) >= 11 is 0. The van der Waals surface area contributed by atoms with E-state index in [9.17, 15) is 0 Å². The lowest BCUT2D eigenvalue weighted by Gasteiger charge is -2.37. The summed E-state index contributed by atoms with van der Waals surface area (Å²) in [6.07, 6.45) is 2.73. The number of piperazine rings is 1. The Morgan fingerprint density at radius 2 is 1.61 bits per heavy atom. The summed E-state index contributed by atoms with van der Waals surface area (Å²) in [4.78, 5) is 13.6. The SMILES string of the molecule is O=CO.c1ccc(CN2CCN(CC3CCNCC3)CC2)cc1. The molecule has 128 valence electrons. The van der Waals surface area contributed by atoms with Crippen LogP contribution in [0.2, 0.25) is 0 Å². The number of rotatable bonds is 4. The van der Waals surface area contributed by atoms with E-state index >= 15 is 0 Å². The van der Waals surface area contributed by atoms with Crippen molar-refractivity contribution in [1.29, 1.82) is 0 Å². The molecular formula is C18H29N3O2. The standard InChI is InChI=1S/C17H27N3.CH2O2/c1-2-4-16(5-3-1)14-19-10-12-20(13-11-19)15-17-6-8-18-9-7-17;2-1-3/h1-5,17-18H,6-15H2;1H,(H,2,3). The van der Waals surface area contributed by atoms with Crippen molar-refractivity contribution >= 4 is 6.47 Å². The average molecular weight is 319 g/mol. The molecule has 3 rings (SSSR count). The molecule has 5 nitrogen and oxygen atoms in total. The van der Waals surface area contributed by atoms with Gasteiger partial charge >= 0.3 is 0 Å². The molecule has 0 aromatic heterocycles. The Kier molecular flexibility index (Phi) is 8.07. The molecule has 0 saturated carbocycles. The van der Waals surface area contributed by atoms with Gasteiger partial charge in [0.15, 0.2) is 0 Å². The van der Waals surface area contributed by atoms with Crippen LogP contribution in [0.15, 0.2) is 30.3 Å². The van der Waals surface area contributed by atoms with E-state index in [1.165, 1.54) is 64.2 Å². The van der Waals surface area contributed by atoms with Crippen molar-refractivity contribution < 1.29 is 9.90 Å². The highest BCUT2D eigenvalue weighted by atomic mass is 16.3. The van der Waals surface area contributed by atoms with Gasteiger partial charge in [0.1, 0.15) is 0 Å². The minimum Gasteiger partial charge on any atom is -0.483 e. The molecule has 2 fully saturated rings. The summed E-state index contributed by atoms with van der Waals surface area (Å²) in [5.41, 5.74) is 1.44. The third kappa shape index (κ3) is 6.69. The van der Waals surface area contributed by atoms with Gasteiger partial charge in [0.2, 0.25) is 0 Å². The minimum atomic E-state index is -0.250. The summed E-state index contributed by atoms with van der Waals surface area (Å²) in [6.45, 7) is 9.56. The number of piperidine rings is 1. The smallest absolute Gasteiger partial charge is 0.290 e. The van der Waals surface area contributed by atoms with Gasteiger partial charge in [0, 0.05) is 39.3 Å². The molecule has 0 radical (unpaired) electrons. The van der Waals surface area contributed by atoms with E-state index in [0.29, 0.717) is 0 Å². The summed E-state index contributed by atoms with van der Waals surface area (Å²) in [6, 6.07) is 10.9. The lowest BCUT2D eigenvalue weighted by molar-refractivity contribution is -0.122. The lowest BCUT2D eigenvalue weighted by Crippen LogP contribution is -2.48. The second-order valence-corrected chi connectivity index (χ2v) is 6.36. The molecule has 2 aliphatic heterocycles. The topological polar surface area (TPSA) is 55.8 Å². The highest BCUT2D eigenvalue weighted by molar-refractivity contribution is 5.32. The predicted octanol–water partition coefficient (Wildman–Crippen LogP) is 1.50. The van der Waals surface area contributed by atoms with Crippen molar-refractivity contribution in [2.45, 2.75) is 19.4 Å². The number of benzene rings is 1. The summed E-state index contributed by atoms with van der Waals surface area (Å²) in [7, 11) is 0. The largest absolute Gasteiger partial charge is 0.483 e. The summed E-state index contributed by atoms with van der Waals surface area (Å²) < 4.78 is 0. The number of hydrogen-bond donors (Lipinski definition) is 2. The molecule has 23 heavy (non-hydrogen) atoms. The zero-order valence-electron chi connectivity index (χ0n) is 13.9. The molecule has 1 aromatic rings. The Hall–Kier alpha value is -1.43. The zero-order valence-corrected chi connectivity index (χ0v) is 13.9. The van der Waals surface area contributed by atoms with E-state index in [1.54, 1.807) is 0 Å². The average Bonchev–Trinajstić information content (AvgIpc) is 2.59. The number of carbonyl (C=O) groups is 1. The van der Waals surface area contributed by atoms with Crippen molar-refractivity contribution in [2.24, 2.45) is 5.92 Å². The maximum absolute atomic E-state index is 8.36. The number of hydrogen-bond acceptors (Lipinski definition) is 4. The fraction of sp³-hybridized carbons (Fsp3) is 0.611. The molecule has 2 saturated heterocycles. The van der Waals surface area contributed by atoms with Gasteiger partial charge < -0.3 is 15.3 Å². The van der Waals surface area contributed by atoms with Crippen molar-refractivity contribution in [2.75, 3.05) is 45.8 Å². The normalized spacial score (nSPS) is 20.5. The second kappa shape index (κ2) is 10.4. The van der Waals surface area contributed by atoms with E-state index in [1.807, 2.05) is 0 Å². The summed E-state index contributed by atoms with van der Waals surface area (Å²) in [5.74, 6) is 0.928. The lowest BCUT2D eigenvalue weighted by atomic mass is 9.97. The van der Waals surface area contributed by atoms with Gasteiger partial charge in [-0.1, -0.05) is 30.3 Å². The molecule has 0 aliphatic carbocycles. The molecule has 2 aliphatic rings. The first-order chi connectivity index (χ1) is 11.3. The molecule has 1 aromatic carbocycles. The van der Waals surface area contributed by atoms with Crippen LogP contribution in [-0.4, -0.2) is 67.2 Å². The molecule has 5 heteroatoms. The van der Waals surface area contributed by atoms with Crippen LogP contribution in [0.3, 0.4) is 0 Å². The Morgan fingerprint density at radius 1 is 1.04 bits per heavy atom. The van der Waals surface area contributed by atoms with Crippen LogP contribution in [0, 0.1) is 5.92 Å². The molecule has 0 unspecified atom stereocenters. The number of nitrogens with one attached hydrogen (secondary N) is 1. The quantitative estimate of drug-likeness (QED) is 0.824. The highest BCUT2D eigenvalue weighted by Gasteiger charge is 2.21. The van der Waals surface area contributed by atoms with Gasteiger partial charge in [-0.2, -0.15) is 0 Å². The van der Waals surface area contributed by atoms with Crippen molar-refractivity contribution in [3.8, 4) is 0 Å². The van der Waals surface area contributed by atoms with E-state index in [2.05, 4.69) is 45.4 Å². The van der Waals surface area contributed by atoms with Crippen molar-refractivity contribution in [3.05, 3.63) is 35.9 Å². The fourth-order valence-corrected chi connectivity index (χ4v) is 3.40. The first-order valence-corrected chi connectivity index (χ1v) is 8.59. The van der Waals surface area contributed by atoms with Crippen LogP contribution in [0.25, 0.3) is 0 Å². The Balaban J connectivity index is 0.000000595. The minimum absolute atomic E-state index is 0.250. The molecule has 0 spiro atoms. The second-order valence-electron chi connectivity index (χ2n) is 6.36. The molecule has 0 amide bonds. The third-order valence-electron chi connectivity index (χ3n) is 4.69. The van der Waals surface area contributed by atoms with Gasteiger partial charge in [-0.15, -0.1) is 0 Å². The van der Waals surface area contributed by atoms with Gasteiger partial charge in [0.25, 0.3) is 6.47 Å². The van der Waals surface area contributed by atoms with Crippen molar-refractivity contribution in [3.63, 3.8) is 0 Å². The predicted molar refractivity (Wildman–Crippen MR) is 92.4 cm³/mol. The fourth-order valence-electron chi connectivity index (χ4n) is 3.40. The molecule has 0 atom stereocenters. The third-order valence-corrected chi connectivity index (χ3v) is 4.69. The van der Waals surface area contributed by atoms with Crippen LogP contribution in [0.4, 0.5) is 0 Å². The number of nitrogens with zero attached hydrogens (tertiary/aromatic N) is 2. The van der Waals surface area contributed by atoms with Crippen LogP contribution in [-0.2, 0) is 11.3 Å². The van der Waals surface area contributed by atoms with Gasteiger partial charge in [-0.05, 0) is 37.4 Å². The molecular weight excluding hydrogens is 290 g/mol. The summed E-state index contributed by atoms with van der Waals surface area (Å²) in [5, 5.41) is 10.3. The number of carboxylic acid groups (broad SMARTS) is 1. The van der Waals surface area contributed by atoms with E-state index in [0.717, 1.165) is 12.5 Å². The van der Waals surface area contributed by atoms with Crippen LogP contribution >= 0.6 is 0 Å². The van der Waals surface area contributed by atoms with E-state index in [4.69, 9.17) is 9.90 Å². The van der Waals surface area contributed by atoms with Crippen LogP contribution in [0.1, 0.15) is 18.4 Å². The highest BCUT2D eigenvalue weighted by Crippen LogP contribution is 2.15. The maximum atomic E-state index is 8.36. The van der Waals surface area contributed by atoms with Crippen LogP contribution < -0.4 is 5.32 Å². The maximum Gasteiger partial charge on any atom is 0.290 e. The van der Waals surface area contributed by atoms with E-state index in [-0.39, 0.29) is 6.47 Å². The van der Waals surface area contributed by atoms with Gasteiger partial charge in [0.05, 0.1) is 0 Å². The van der Waals surface area contributed by atoms with Gasteiger partial charge in [-0.3, -0.25) is 9.69 Å². The first-order valence-electron chi connectivity index (χ1n) is 8.59. The monoisotopic (exact) mass is 319 g/mol. The zero-order chi connectivity index (χ0) is 16.3. The Labute approximate surface area is 139 Å². The van der Waals surface area contributed by atoms with E-state index < -0.39 is 0 Å². The Bertz CT molecular complexity index is 427.